The molecule has 0 aromatic heterocycles. The maximum atomic E-state index is 12.9. The van der Waals surface area contributed by atoms with Crippen LogP contribution < -0.4 is 4.74 Å². The Morgan fingerprint density at radius 1 is 1.16 bits per heavy atom. The van der Waals surface area contributed by atoms with Crippen LogP contribution in [0.1, 0.15) is 47.3 Å². The van der Waals surface area contributed by atoms with Gasteiger partial charge in [0, 0.05) is 17.7 Å². The highest BCUT2D eigenvalue weighted by Crippen LogP contribution is 2.33. The molecule has 2 aromatic rings. The van der Waals surface area contributed by atoms with Gasteiger partial charge >= 0.3 is 0 Å². The van der Waals surface area contributed by atoms with E-state index in [0.29, 0.717) is 11.3 Å². The predicted molar refractivity (Wildman–Crippen MR) is 96.8 cm³/mol. The number of amides is 1. The minimum Gasteiger partial charge on any atom is -0.496 e. The Bertz CT molecular complexity index is 770. The molecule has 0 spiro atoms. The van der Waals surface area contributed by atoms with Crippen molar-refractivity contribution >= 4 is 11.7 Å². The minimum atomic E-state index is -0.0142. The van der Waals surface area contributed by atoms with Crippen molar-refractivity contribution in [1.29, 1.82) is 0 Å². The smallest absolute Gasteiger partial charge is 0.227 e. The summed E-state index contributed by atoms with van der Waals surface area (Å²) in [6, 6.07) is 15.6. The van der Waals surface area contributed by atoms with Gasteiger partial charge in [0.2, 0.25) is 5.91 Å². The zero-order valence-electron chi connectivity index (χ0n) is 14.7. The van der Waals surface area contributed by atoms with Crippen LogP contribution in [0.2, 0.25) is 0 Å². The summed E-state index contributed by atoms with van der Waals surface area (Å²) < 4.78 is 5.37. The molecule has 1 atom stereocenters. The first kappa shape index (κ1) is 17.2. The summed E-state index contributed by atoms with van der Waals surface area (Å²) in [5.41, 5.74) is 2.54. The first-order chi connectivity index (χ1) is 12.1. The van der Waals surface area contributed by atoms with Crippen LogP contribution >= 0.6 is 0 Å². The third-order valence-corrected chi connectivity index (χ3v) is 4.79. The molecule has 1 fully saturated rings. The Morgan fingerprint density at radius 3 is 2.60 bits per heavy atom. The van der Waals surface area contributed by atoms with E-state index in [2.05, 4.69) is 12.1 Å². The molecule has 1 aliphatic heterocycles. The SMILES string of the molecule is COc1ccc(C(C)=O)cc1CC(=O)N1CCCC1c1ccccc1. The fourth-order valence-corrected chi connectivity index (χ4v) is 3.49. The normalized spacial score (nSPS) is 16.7. The number of Topliss-reactive ketones (excluding diaryl/α,β-unsaturated/α-hetero) is 1. The van der Waals surface area contributed by atoms with Crippen LogP contribution in [0.3, 0.4) is 0 Å². The number of benzene rings is 2. The lowest BCUT2D eigenvalue weighted by molar-refractivity contribution is -0.131. The molecule has 2 aromatic carbocycles. The van der Waals surface area contributed by atoms with Gasteiger partial charge in [0.05, 0.1) is 19.6 Å². The number of methoxy groups -OCH3 is 1. The summed E-state index contributed by atoms with van der Waals surface area (Å²) in [7, 11) is 1.58. The summed E-state index contributed by atoms with van der Waals surface area (Å²) in [5, 5.41) is 0. The van der Waals surface area contributed by atoms with Crippen LogP contribution in [0.5, 0.6) is 5.75 Å². The van der Waals surface area contributed by atoms with Crippen molar-refractivity contribution in [3.05, 3.63) is 65.2 Å². The van der Waals surface area contributed by atoms with E-state index in [4.69, 9.17) is 4.74 Å². The molecular weight excluding hydrogens is 314 g/mol. The maximum absolute atomic E-state index is 12.9. The molecule has 130 valence electrons. The Balaban J connectivity index is 1.82. The molecule has 0 saturated carbocycles. The molecule has 3 rings (SSSR count). The van der Waals surface area contributed by atoms with E-state index in [9.17, 15) is 9.59 Å². The quantitative estimate of drug-likeness (QED) is 0.780. The van der Waals surface area contributed by atoms with E-state index in [0.717, 1.165) is 24.9 Å². The number of likely N-dealkylation sites (tertiary alicyclic amines) is 1. The van der Waals surface area contributed by atoms with Crippen LogP contribution in [-0.2, 0) is 11.2 Å². The van der Waals surface area contributed by atoms with Gasteiger partial charge in [-0.3, -0.25) is 9.59 Å². The lowest BCUT2D eigenvalue weighted by atomic mass is 10.0. The molecule has 0 aliphatic carbocycles. The van der Waals surface area contributed by atoms with Gasteiger partial charge in [0.1, 0.15) is 5.75 Å². The van der Waals surface area contributed by atoms with E-state index in [1.165, 1.54) is 12.5 Å². The topological polar surface area (TPSA) is 46.6 Å². The van der Waals surface area contributed by atoms with Gasteiger partial charge in [-0.05, 0) is 43.5 Å². The average molecular weight is 337 g/mol. The molecule has 0 bridgehead atoms. The molecule has 1 amide bonds. The second kappa shape index (κ2) is 7.51. The highest BCUT2D eigenvalue weighted by Gasteiger charge is 2.30. The maximum Gasteiger partial charge on any atom is 0.227 e. The lowest BCUT2D eigenvalue weighted by Gasteiger charge is -2.25. The Morgan fingerprint density at radius 2 is 1.92 bits per heavy atom. The third kappa shape index (κ3) is 3.73. The summed E-state index contributed by atoms with van der Waals surface area (Å²) in [6.45, 7) is 2.30. The Hall–Kier alpha value is -2.62. The number of hydrogen-bond donors (Lipinski definition) is 0. The number of rotatable bonds is 5. The van der Waals surface area contributed by atoms with Crippen molar-refractivity contribution in [2.75, 3.05) is 13.7 Å². The summed E-state index contributed by atoms with van der Waals surface area (Å²) in [5.74, 6) is 0.707. The largest absolute Gasteiger partial charge is 0.496 e. The first-order valence-corrected chi connectivity index (χ1v) is 8.62. The van der Waals surface area contributed by atoms with E-state index < -0.39 is 0 Å². The molecule has 4 nitrogen and oxygen atoms in total. The van der Waals surface area contributed by atoms with Gasteiger partial charge in [-0.2, -0.15) is 0 Å². The molecule has 1 heterocycles. The van der Waals surface area contributed by atoms with Gasteiger partial charge in [0.25, 0.3) is 0 Å². The number of hydrogen-bond acceptors (Lipinski definition) is 3. The molecule has 1 unspecified atom stereocenters. The highest BCUT2D eigenvalue weighted by molar-refractivity contribution is 5.94. The molecule has 4 heteroatoms. The molecule has 25 heavy (non-hydrogen) atoms. The van der Waals surface area contributed by atoms with Crippen molar-refractivity contribution < 1.29 is 14.3 Å². The second-order valence-electron chi connectivity index (χ2n) is 6.42. The molecule has 1 saturated heterocycles. The zero-order valence-corrected chi connectivity index (χ0v) is 14.7. The van der Waals surface area contributed by atoms with Crippen LogP contribution in [0, 0.1) is 0 Å². The van der Waals surface area contributed by atoms with Crippen molar-refractivity contribution in [3.63, 3.8) is 0 Å². The number of nitrogens with zero attached hydrogens (tertiary/aromatic N) is 1. The van der Waals surface area contributed by atoms with E-state index in [1.807, 2.05) is 23.1 Å². The summed E-state index contributed by atoms with van der Waals surface area (Å²) in [6.07, 6.45) is 2.24. The first-order valence-electron chi connectivity index (χ1n) is 8.62. The number of carbonyl (C=O) groups is 2. The Labute approximate surface area is 148 Å². The summed E-state index contributed by atoms with van der Waals surface area (Å²) in [4.78, 5) is 26.5. The van der Waals surface area contributed by atoms with Crippen LogP contribution in [0.15, 0.2) is 48.5 Å². The molecule has 1 aliphatic rings. The van der Waals surface area contributed by atoms with E-state index in [-0.39, 0.29) is 24.2 Å². The molecule has 0 radical (unpaired) electrons. The van der Waals surface area contributed by atoms with Gasteiger partial charge in [-0.15, -0.1) is 0 Å². The molecular formula is C21H23NO3. The highest BCUT2D eigenvalue weighted by atomic mass is 16.5. The van der Waals surface area contributed by atoms with Gasteiger partial charge in [-0.25, -0.2) is 0 Å². The standard InChI is InChI=1S/C21H23NO3/c1-15(23)17-10-11-20(25-2)18(13-17)14-21(24)22-12-6-9-19(22)16-7-4-3-5-8-16/h3-5,7-8,10-11,13,19H,6,9,12,14H2,1-2H3. The zero-order chi connectivity index (χ0) is 17.8. The Kier molecular flexibility index (Phi) is 5.17. The number of ether oxygens (including phenoxy) is 1. The fraction of sp³-hybridized carbons (Fsp3) is 0.333. The van der Waals surface area contributed by atoms with Gasteiger partial charge in [0.15, 0.2) is 5.78 Å². The van der Waals surface area contributed by atoms with Crippen molar-refractivity contribution in [2.24, 2.45) is 0 Å². The minimum absolute atomic E-state index is 0.0142. The third-order valence-electron chi connectivity index (χ3n) is 4.79. The number of ketones is 1. The van der Waals surface area contributed by atoms with Gasteiger partial charge < -0.3 is 9.64 Å². The fourth-order valence-electron chi connectivity index (χ4n) is 3.49. The van der Waals surface area contributed by atoms with Crippen molar-refractivity contribution in [3.8, 4) is 5.75 Å². The average Bonchev–Trinajstić information content (AvgIpc) is 3.12. The molecule has 0 N–H and O–H groups in total. The second-order valence-corrected chi connectivity index (χ2v) is 6.42. The van der Waals surface area contributed by atoms with E-state index >= 15 is 0 Å². The van der Waals surface area contributed by atoms with Crippen molar-refractivity contribution in [2.45, 2.75) is 32.2 Å². The predicted octanol–water partition coefficient (Wildman–Crippen LogP) is 3.80. The van der Waals surface area contributed by atoms with Gasteiger partial charge in [-0.1, -0.05) is 30.3 Å². The van der Waals surface area contributed by atoms with E-state index in [1.54, 1.807) is 25.3 Å². The van der Waals surface area contributed by atoms with Crippen molar-refractivity contribution in [1.82, 2.24) is 4.90 Å². The number of carbonyl (C=O) groups excluding carboxylic acids is 2. The monoisotopic (exact) mass is 337 g/mol. The van der Waals surface area contributed by atoms with Crippen LogP contribution in [-0.4, -0.2) is 30.2 Å². The lowest BCUT2D eigenvalue weighted by Crippen LogP contribution is -2.32. The summed E-state index contributed by atoms with van der Waals surface area (Å²) >= 11 is 0. The van der Waals surface area contributed by atoms with Crippen LogP contribution in [0.25, 0.3) is 0 Å². The van der Waals surface area contributed by atoms with Crippen LogP contribution in [0.4, 0.5) is 0 Å².